The summed E-state index contributed by atoms with van der Waals surface area (Å²) >= 11 is 0. The van der Waals surface area contributed by atoms with Crippen LogP contribution in [0.4, 0.5) is 5.69 Å². The highest BCUT2D eigenvalue weighted by molar-refractivity contribution is 5.94. The maximum absolute atomic E-state index is 12.5. The molecule has 0 saturated carbocycles. The second-order valence-electron chi connectivity index (χ2n) is 6.04. The van der Waals surface area contributed by atoms with E-state index in [1.165, 1.54) is 0 Å². The maximum Gasteiger partial charge on any atom is 0.265 e. The topological polar surface area (TPSA) is 62.1 Å². The summed E-state index contributed by atoms with van der Waals surface area (Å²) in [7, 11) is 0. The van der Waals surface area contributed by atoms with Crippen molar-refractivity contribution in [3.05, 3.63) is 72.3 Å². The van der Waals surface area contributed by atoms with E-state index in [2.05, 4.69) is 11.4 Å². The lowest BCUT2D eigenvalue weighted by atomic mass is 10.1. The number of rotatable bonds is 6. The fourth-order valence-electron chi connectivity index (χ4n) is 2.75. The summed E-state index contributed by atoms with van der Waals surface area (Å²) < 4.78 is 5.91. The molecule has 4 heteroatoms. The van der Waals surface area contributed by atoms with Crippen molar-refractivity contribution in [3.63, 3.8) is 0 Å². The van der Waals surface area contributed by atoms with Crippen LogP contribution in [0.2, 0.25) is 0 Å². The highest BCUT2D eigenvalue weighted by Crippen LogP contribution is 2.22. The zero-order chi connectivity index (χ0) is 18.4. The molecule has 0 bridgehead atoms. The summed E-state index contributed by atoms with van der Waals surface area (Å²) in [5.41, 5.74) is 1.61. The molecule has 3 rings (SSSR count). The van der Waals surface area contributed by atoms with Crippen molar-refractivity contribution in [3.8, 4) is 11.8 Å². The summed E-state index contributed by atoms with van der Waals surface area (Å²) in [6, 6.07) is 23.2. The zero-order valence-corrected chi connectivity index (χ0v) is 14.6. The SMILES string of the molecule is CCC(Oc1ccc2ccccc2c1)C(=O)Nc1ccc(CC#N)cc1. The molecule has 0 fully saturated rings. The Bertz CT molecular complexity index is 942. The summed E-state index contributed by atoms with van der Waals surface area (Å²) in [6.45, 7) is 1.92. The number of hydrogen-bond donors (Lipinski definition) is 1. The van der Waals surface area contributed by atoms with Crippen molar-refractivity contribution in [2.75, 3.05) is 5.32 Å². The highest BCUT2D eigenvalue weighted by atomic mass is 16.5. The summed E-state index contributed by atoms with van der Waals surface area (Å²) in [4.78, 5) is 12.5. The molecule has 0 aliphatic rings. The Morgan fingerprint density at radius 3 is 2.50 bits per heavy atom. The molecule has 1 atom stereocenters. The Balaban J connectivity index is 1.68. The van der Waals surface area contributed by atoms with E-state index in [1.54, 1.807) is 12.1 Å². The Morgan fingerprint density at radius 2 is 1.81 bits per heavy atom. The van der Waals surface area contributed by atoms with Gasteiger partial charge in [-0.3, -0.25) is 4.79 Å². The molecule has 26 heavy (non-hydrogen) atoms. The largest absolute Gasteiger partial charge is 0.481 e. The van der Waals surface area contributed by atoms with Gasteiger partial charge in [0.25, 0.3) is 5.91 Å². The van der Waals surface area contributed by atoms with Crippen molar-refractivity contribution in [2.24, 2.45) is 0 Å². The van der Waals surface area contributed by atoms with Crippen LogP contribution in [0.25, 0.3) is 10.8 Å². The number of carbonyl (C=O) groups is 1. The van der Waals surface area contributed by atoms with Crippen LogP contribution in [-0.2, 0) is 11.2 Å². The number of hydrogen-bond acceptors (Lipinski definition) is 3. The normalized spacial score (nSPS) is 11.5. The van der Waals surface area contributed by atoms with Gasteiger partial charge in [-0.25, -0.2) is 0 Å². The number of anilines is 1. The van der Waals surface area contributed by atoms with Gasteiger partial charge in [0.2, 0.25) is 0 Å². The van der Waals surface area contributed by atoms with Gasteiger partial charge in [-0.15, -0.1) is 0 Å². The van der Waals surface area contributed by atoms with Crippen LogP contribution in [0.1, 0.15) is 18.9 Å². The van der Waals surface area contributed by atoms with Crippen LogP contribution in [0.5, 0.6) is 5.75 Å². The number of amides is 1. The molecule has 3 aromatic rings. The molecule has 1 unspecified atom stereocenters. The summed E-state index contributed by atoms with van der Waals surface area (Å²) in [6.07, 6.45) is 0.345. The predicted octanol–water partition coefficient (Wildman–Crippen LogP) is 4.70. The van der Waals surface area contributed by atoms with E-state index < -0.39 is 6.10 Å². The van der Waals surface area contributed by atoms with Gasteiger partial charge in [-0.1, -0.05) is 49.4 Å². The second kappa shape index (κ2) is 8.17. The molecule has 0 spiro atoms. The van der Waals surface area contributed by atoms with Gasteiger partial charge in [0, 0.05) is 5.69 Å². The zero-order valence-electron chi connectivity index (χ0n) is 14.6. The summed E-state index contributed by atoms with van der Waals surface area (Å²) in [5, 5.41) is 13.8. The minimum atomic E-state index is -0.574. The molecule has 4 nitrogen and oxygen atoms in total. The van der Waals surface area contributed by atoms with E-state index in [9.17, 15) is 4.79 Å². The van der Waals surface area contributed by atoms with Gasteiger partial charge < -0.3 is 10.1 Å². The average Bonchev–Trinajstić information content (AvgIpc) is 2.67. The van der Waals surface area contributed by atoms with Crippen molar-refractivity contribution in [1.82, 2.24) is 0 Å². The molecule has 0 saturated heterocycles. The number of nitrogens with one attached hydrogen (secondary N) is 1. The van der Waals surface area contributed by atoms with Gasteiger partial charge in [-0.05, 0) is 47.0 Å². The smallest absolute Gasteiger partial charge is 0.265 e. The monoisotopic (exact) mass is 344 g/mol. The lowest BCUT2D eigenvalue weighted by Gasteiger charge is -2.18. The Labute approximate surface area is 153 Å². The standard InChI is InChI=1S/C22H20N2O2/c1-2-21(22(25)24-19-10-7-16(8-11-19)13-14-23)26-20-12-9-17-5-3-4-6-18(17)15-20/h3-12,15,21H,2,13H2,1H3,(H,24,25). The first-order chi connectivity index (χ1) is 12.7. The Hall–Kier alpha value is -3.32. The molecule has 0 heterocycles. The molecule has 1 N–H and O–H groups in total. The third-order valence-corrected chi connectivity index (χ3v) is 4.17. The minimum absolute atomic E-state index is 0.186. The Kier molecular flexibility index (Phi) is 5.50. The van der Waals surface area contributed by atoms with E-state index >= 15 is 0 Å². The van der Waals surface area contributed by atoms with Gasteiger partial charge >= 0.3 is 0 Å². The van der Waals surface area contributed by atoms with Crippen molar-refractivity contribution < 1.29 is 9.53 Å². The van der Waals surface area contributed by atoms with E-state index in [0.717, 1.165) is 16.3 Å². The lowest BCUT2D eigenvalue weighted by Crippen LogP contribution is -2.32. The van der Waals surface area contributed by atoms with Crippen molar-refractivity contribution in [2.45, 2.75) is 25.9 Å². The first-order valence-electron chi connectivity index (χ1n) is 8.62. The van der Waals surface area contributed by atoms with Crippen LogP contribution in [-0.4, -0.2) is 12.0 Å². The van der Waals surface area contributed by atoms with Crippen LogP contribution in [0.3, 0.4) is 0 Å². The van der Waals surface area contributed by atoms with E-state index in [-0.39, 0.29) is 5.91 Å². The number of nitrogens with zero attached hydrogens (tertiary/aromatic N) is 1. The summed E-state index contributed by atoms with van der Waals surface area (Å²) in [5.74, 6) is 0.490. The van der Waals surface area contributed by atoms with E-state index in [0.29, 0.717) is 24.3 Å². The number of benzene rings is 3. The van der Waals surface area contributed by atoms with Gasteiger partial charge in [0.05, 0.1) is 12.5 Å². The first kappa shape index (κ1) is 17.5. The van der Waals surface area contributed by atoms with Gasteiger partial charge in [-0.2, -0.15) is 5.26 Å². The quantitative estimate of drug-likeness (QED) is 0.705. The maximum atomic E-state index is 12.5. The molecule has 0 aliphatic heterocycles. The Morgan fingerprint density at radius 1 is 1.08 bits per heavy atom. The van der Waals surface area contributed by atoms with Gasteiger partial charge in [0.15, 0.2) is 6.10 Å². The number of nitriles is 1. The molecule has 3 aromatic carbocycles. The fraction of sp³-hybridized carbons (Fsp3) is 0.182. The third kappa shape index (κ3) is 4.20. The molecule has 130 valence electrons. The predicted molar refractivity (Wildman–Crippen MR) is 103 cm³/mol. The van der Waals surface area contributed by atoms with E-state index in [4.69, 9.17) is 10.00 Å². The minimum Gasteiger partial charge on any atom is -0.481 e. The molecule has 0 aromatic heterocycles. The van der Waals surface area contributed by atoms with Crippen molar-refractivity contribution >= 4 is 22.4 Å². The fourth-order valence-corrected chi connectivity index (χ4v) is 2.75. The lowest BCUT2D eigenvalue weighted by molar-refractivity contribution is -0.122. The molecule has 0 radical (unpaired) electrons. The van der Waals surface area contributed by atoms with Crippen LogP contribution in [0.15, 0.2) is 66.7 Å². The molecular formula is C22H20N2O2. The van der Waals surface area contributed by atoms with Crippen molar-refractivity contribution in [1.29, 1.82) is 5.26 Å². The van der Waals surface area contributed by atoms with Crippen LogP contribution in [0, 0.1) is 11.3 Å². The highest BCUT2D eigenvalue weighted by Gasteiger charge is 2.18. The second-order valence-corrected chi connectivity index (χ2v) is 6.04. The van der Waals surface area contributed by atoms with Crippen LogP contribution < -0.4 is 10.1 Å². The molecular weight excluding hydrogens is 324 g/mol. The third-order valence-electron chi connectivity index (χ3n) is 4.17. The van der Waals surface area contributed by atoms with Crippen LogP contribution >= 0.6 is 0 Å². The van der Waals surface area contributed by atoms with E-state index in [1.807, 2.05) is 61.5 Å². The first-order valence-corrected chi connectivity index (χ1v) is 8.62. The number of ether oxygens (including phenoxy) is 1. The molecule has 0 aliphatic carbocycles. The molecule has 1 amide bonds. The van der Waals surface area contributed by atoms with Gasteiger partial charge in [0.1, 0.15) is 5.75 Å². The number of fused-ring (bicyclic) bond motifs is 1. The average molecular weight is 344 g/mol. The number of carbonyl (C=O) groups excluding carboxylic acids is 1.